The summed E-state index contributed by atoms with van der Waals surface area (Å²) in [5.41, 5.74) is 7.74. The predicted octanol–water partition coefficient (Wildman–Crippen LogP) is 3.18. The van der Waals surface area contributed by atoms with Gasteiger partial charge in [-0.1, -0.05) is 29.5 Å². The summed E-state index contributed by atoms with van der Waals surface area (Å²) in [4.78, 5) is 31.4. The molecule has 0 saturated heterocycles. The van der Waals surface area contributed by atoms with Gasteiger partial charge >= 0.3 is 0 Å². The van der Waals surface area contributed by atoms with Crippen molar-refractivity contribution in [1.29, 1.82) is 0 Å². The molecule has 0 radical (unpaired) electrons. The number of thioether (sulfide) groups is 1. The van der Waals surface area contributed by atoms with Crippen molar-refractivity contribution in [3.63, 3.8) is 0 Å². The number of rotatable bonds is 4. The van der Waals surface area contributed by atoms with Gasteiger partial charge in [0.1, 0.15) is 4.83 Å². The molecule has 0 fully saturated rings. The fourth-order valence-corrected chi connectivity index (χ4v) is 5.22. The van der Waals surface area contributed by atoms with E-state index < -0.39 is 5.91 Å². The number of aromatic nitrogens is 2. The van der Waals surface area contributed by atoms with Gasteiger partial charge in [-0.05, 0) is 38.5 Å². The van der Waals surface area contributed by atoms with E-state index in [4.69, 9.17) is 15.5 Å². The van der Waals surface area contributed by atoms with E-state index in [2.05, 4.69) is 0 Å². The minimum atomic E-state index is -0.449. The number of carbonyl (C=O) groups excluding carboxylic acids is 1. The molecule has 28 heavy (non-hydrogen) atoms. The van der Waals surface area contributed by atoms with Crippen LogP contribution >= 0.6 is 23.1 Å². The molecule has 8 heteroatoms. The SMILES string of the molecule is Cc1ccc(-n2c(SCC(N)=O)nc3sc4c(c3c2=O)CC(C)(C)OC4)cc1. The number of benzene rings is 1. The first-order valence-corrected chi connectivity index (χ1v) is 10.7. The number of thiophene rings is 1. The fourth-order valence-electron chi connectivity index (χ4n) is 3.33. The maximum atomic E-state index is 13.6. The average Bonchev–Trinajstić information content (AvgIpc) is 2.97. The number of nitrogens with zero attached hydrogens (tertiary/aromatic N) is 2. The van der Waals surface area contributed by atoms with Crippen LogP contribution < -0.4 is 11.3 Å². The van der Waals surface area contributed by atoms with Crippen LogP contribution in [0.15, 0.2) is 34.2 Å². The fraction of sp³-hybridized carbons (Fsp3) is 0.350. The first kappa shape index (κ1) is 19.2. The van der Waals surface area contributed by atoms with Gasteiger partial charge < -0.3 is 10.5 Å². The third kappa shape index (κ3) is 3.47. The van der Waals surface area contributed by atoms with Gasteiger partial charge in [-0.25, -0.2) is 4.98 Å². The molecule has 1 amide bonds. The number of amides is 1. The number of fused-ring (bicyclic) bond motifs is 3. The highest BCUT2D eigenvalue weighted by atomic mass is 32.2. The Balaban J connectivity index is 1.97. The van der Waals surface area contributed by atoms with E-state index in [-0.39, 0.29) is 16.9 Å². The molecule has 0 atom stereocenters. The van der Waals surface area contributed by atoms with E-state index >= 15 is 0 Å². The van der Waals surface area contributed by atoms with Crippen molar-refractivity contribution in [2.24, 2.45) is 5.73 Å². The first-order valence-electron chi connectivity index (χ1n) is 8.94. The number of aryl methyl sites for hydroxylation is 1. The molecular formula is C20H21N3O3S2. The van der Waals surface area contributed by atoms with Crippen LogP contribution in [-0.4, -0.2) is 26.8 Å². The van der Waals surface area contributed by atoms with Gasteiger partial charge in [0.2, 0.25) is 5.91 Å². The number of hydrogen-bond acceptors (Lipinski definition) is 6. The topological polar surface area (TPSA) is 87.2 Å². The van der Waals surface area contributed by atoms with Crippen LogP contribution in [0.2, 0.25) is 0 Å². The summed E-state index contributed by atoms with van der Waals surface area (Å²) in [6, 6.07) is 7.69. The Labute approximate surface area is 170 Å². The molecule has 0 saturated carbocycles. The van der Waals surface area contributed by atoms with Gasteiger partial charge in [-0.2, -0.15) is 0 Å². The van der Waals surface area contributed by atoms with Crippen molar-refractivity contribution < 1.29 is 9.53 Å². The quantitative estimate of drug-likeness (QED) is 0.522. The molecule has 1 aromatic carbocycles. The third-order valence-electron chi connectivity index (χ3n) is 4.71. The van der Waals surface area contributed by atoms with Crippen molar-refractivity contribution >= 4 is 39.2 Å². The molecular weight excluding hydrogens is 394 g/mol. The van der Waals surface area contributed by atoms with Crippen molar-refractivity contribution in [3.05, 3.63) is 50.6 Å². The second-order valence-electron chi connectivity index (χ2n) is 7.53. The van der Waals surface area contributed by atoms with Crippen LogP contribution in [0.1, 0.15) is 29.9 Å². The van der Waals surface area contributed by atoms with Gasteiger partial charge in [0.05, 0.1) is 29.0 Å². The van der Waals surface area contributed by atoms with Crippen LogP contribution in [0.4, 0.5) is 0 Å². The molecule has 1 aliphatic rings. The molecule has 3 aromatic rings. The Morgan fingerprint density at radius 1 is 1.36 bits per heavy atom. The van der Waals surface area contributed by atoms with Gasteiger partial charge in [0.15, 0.2) is 5.16 Å². The van der Waals surface area contributed by atoms with Gasteiger partial charge in [0, 0.05) is 11.3 Å². The van der Waals surface area contributed by atoms with E-state index in [1.54, 1.807) is 4.57 Å². The molecule has 4 rings (SSSR count). The maximum absolute atomic E-state index is 13.6. The lowest BCUT2D eigenvalue weighted by molar-refractivity contribution is -0.115. The Hall–Kier alpha value is -2.16. The van der Waals surface area contributed by atoms with E-state index in [0.717, 1.165) is 21.7 Å². The molecule has 2 N–H and O–H groups in total. The molecule has 0 bridgehead atoms. The van der Waals surface area contributed by atoms with Gasteiger partial charge in [-0.15, -0.1) is 11.3 Å². The number of nitrogens with two attached hydrogens (primary N) is 1. The summed E-state index contributed by atoms with van der Waals surface area (Å²) < 4.78 is 7.49. The zero-order valence-electron chi connectivity index (χ0n) is 15.9. The smallest absolute Gasteiger partial charge is 0.267 e. The predicted molar refractivity (Wildman–Crippen MR) is 112 cm³/mol. The zero-order valence-corrected chi connectivity index (χ0v) is 17.6. The number of hydrogen-bond donors (Lipinski definition) is 1. The van der Waals surface area contributed by atoms with Crippen LogP contribution in [-0.2, 0) is 22.6 Å². The molecule has 0 aliphatic carbocycles. The Morgan fingerprint density at radius 2 is 2.07 bits per heavy atom. The van der Waals surface area contributed by atoms with Crippen molar-refractivity contribution in [1.82, 2.24) is 9.55 Å². The Kier molecular flexibility index (Phi) is 4.81. The summed E-state index contributed by atoms with van der Waals surface area (Å²) in [7, 11) is 0. The van der Waals surface area contributed by atoms with E-state index in [1.807, 2.05) is 45.0 Å². The second kappa shape index (κ2) is 7.02. The van der Waals surface area contributed by atoms with Crippen LogP contribution in [0.5, 0.6) is 0 Å². The normalized spacial score (nSPS) is 15.5. The van der Waals surface area contributed by atoms with Crippen LogP contribution in [0.3, 0.4) is 0 Å². The van der Waals surface area contributed by atoms with Crippen molar-refractivity contribution in [2.75, 3.05) is 5.75 Å². The summed E-state index contributed by atoms with van der Waals surface area (Å²) in [5, 5.41) is 1.12. The van der Waals surface area contributed by atoms with Crippen molar-refractivity contribution in [3.8, 4) is 5.69 Å². The highest BCUT2D eigenvalue weighted by molar-refractivity contribution is 7.99. The summed E-state index contributed by atoms with van der Waals surface area (Å²) in [5.74, 6) is -0.388. The maximum Gasteiger partial charge on any atom is 0.267 e. The largest absolute Gasteiger partial charge is 0.370 e. The number of primary amides is 1. The lowest BCUT2D eigenvalue weighted by Gasteiger charge is -2.29. The molecule has 146 valence electrons. The standard InChI is InChI=1S/C20H21N3O3S2/c1-11-4-6-12(7-5-11)23-18(25)16-13-8-20(2,3)26-9-14(13)28-17(16)22-19(23)27-10-15(21)24/h4-7H,8-10H2,1-3H3,(H2,21,24). The van der Waals surface area contributed by atoms with Crippen LogP contribution in [0, 0.1) is 6.92 Å². The molecule has 6 nitrogen and oxygen atoms in total. The third-order valence-corrected chi connectivity index (χ3v) is 6.77. The minimum Gasteiger partial charge on any atom is -0.370 e. The van der Waals surface area contributed by atoms with E-state index in [0.29, 0.717) is 28.4 Å². The minimum absolute atomic E-state index is 0.0606. The summed E-state index contributed by atoms with van der Waals surface area (Å²) in [6.45, 7) is 6.54. The molecule has 3 heterocycles. The monoisotopic (exact) mass is 415 g/mol. The number of ether oxygens (including phenoxy) is 1. The zero-order chi connectivity index (χ0) is 20.1. The first-order chi connectivity index (χ1) is 13.2. The molecule has 0 spiro atoms. The lowest BCUT2D eigenvalue weighted by atomic mass is 9.94. The Bertz CT molecular complexity index is 1130. The summed E-state index contributed by atoms with van der Waals surface area (Å²) in [6.07, 6.45) is 0.668. The second-order valence-corrected chi connectivity index (χ2v) is 9.56. The highest BCUT2D eigenvalue weighted by Gasteiger charge is 2.31. The van der Waals surface area contributed by atoms with Gasteiger partial charge in [-0.3, -0.25) is 14.2 Å². The average molecular weight is 416 g/mol. The highest BCUT2D eigenvalue weighted by Crippen LogP contribution is 2.37. The Morgan fingerprint density at radius 3 is 2.75 bits per heavy atom. The molecule has 2 aromatic heterocycles. The number of carbonyl (C=O) groups is 1. The van der Waals surface area contributed by atoms with Crippen molar-refractivity contribution in [2.45, 2.75) is 44.6 Å². The summed E-state index contributed by atoms with van der Waals surface area (Å²) >= 11 is 2.67. The molecule has 1 aliphatic heterocycles. The van der Waals surface area contributed by atoms with E-state index in [9.17, 15) is 9.59 Å². The van der Waals surface area contributed by atoms with E-state index in [1.165, 1.54) is 23.1 Å². The van der Waals surface area contributed by atoms with Crippen LogP contribution in [0.25, 0.3) is 15.9 Å². The lowest BCUT2D eigenvalue weighted by Crippen LogP contribution is -2.32. The van der Waals surface area contributed by atoms with Gasteiger partial charge in [0.25, 0.3) is 5.56 Å². The molecule has 0 unspecified atom stereocenters.